The molecule has 1 aromatic heterocycles. The van der Waals surface area contributed by atoms with Crippen molar-refractivity contribution in [2.24, 2.45) is 5.73 Å². The van der Waals surface area contributed by atoms with E-state index in [0.29, 0.717) is 0 Å². The molecule has 1 aromatic rings. The van der Waals surface area contributed by atoms with Crippen molar-refractivity contribution in [3.05, 3.63) is 20.3 Å². The molecule has 0 unspecified atom stereocenters. The molecule has 0 saturated carbocycles. The molecule has 0 radical (unpaired) electrons. The zero-order valence-electron chi connectivity index (χ0n) is 6.02. The molecule has 2 N–H and O–H groups in total. The quantitative estimate of drug-likeness (QED) is 0.773. The lowest BCUT2D eigenvalue weighted by molar-refractivity contribution is 0.838. The first-order valence-corrected chi connectivity index (χ1v) is 4.73. The van der Waals surface area contributed by atoms with E-state index < -0.39 is 0 Å². The van der Waals surface area contributed by atoms with E-state index in [4.69, 9.17) is 5.73 Å². The smallest absolute Gasteiger partial charge is 0.0361 e. The third kappa shape index (κ3) is 1.59. The van der Waals surface area contributed by atoms with Crippen LogP contribution in [-0.4, -0.2) is 0 Å². The van der Waals surface area contributed by atoms with Crippen molar-refractivity contribution in [2.75, 3.05) is 0 Å². The lowest BCUT2D eigenvalue weighted by Gasteiger charge is -1.96. The molecule has 0 aliphatic heterocycles. The van der Waals surface area contributed by atoms with Gasteiger partial charge in [0.1, 0.15) is 0 Å². The number of halogens is 1. The maximum Gasteiger partial charge on any atom is 0.0361 e. The molecule has 0 aliphatic rings. The van der Waals surface area contributed by atoms with Crippen molar-refractivity contribution in [3.63, 3.8) is 0 Å². The Morgan fingerprint density at radius 1 is 1.70 bits per heavy atom. The molecule has 1 atom stereocenters. The van der Waals surface area contributed by atoms with Gasteiger partial charge in [-0.1, -0.05) is 0 Å². The summed E-state index contributed by atoms with van der Waals surface area (Å²) in [5, 5.41) is 0. The molecule has 1 rings (SSSR count). The van der Waals surface area contributed by atoms with Gasteiger partial charge >= 0.3 is 0 Å². The highest BCUT2D eigenvalue weighted by Gasteiger charge is 2.05. The Labute approximate surface area is 73.4 Å². The van der Waals surface area contributed by atoms with Crippen LogP contribution in [0.25, 0.3) is 0 Å². The predicted octanol–water partition coefficient (Wildman–Crippen LogP) is 2.84. The van der Waals surface area contributed by atoms with E-state index in [2.05, 4.69) is 28.9 Å². The summed E-state index contributed by atoms with van der Waals surface area (Å²) in [6.07, 6.45) is 0. The molecule has 0 saturated heterocycles. The maximum absolute atomic E-state index is 5.69. The van der Waals surface area contributed by atoms with Crippen LogP contribution in [0.15, 0.2) is 10.5 Å². The largest absolute Gasteiger partial charge is 0.324 e. The van der Waals surface area contributed by atoms with Crippen molar-refractivity contribution < 1.29 is 0 Å². The Balaban J connectivity index is 2.98. The second kappa shape index (κ2) is 3.03. The minimum absolute atomic E-state index is 0.162. The number of hydrogen-bond donors (Lipinski definition) is 1. The SMILES string of the molecule is Cc1sc([C@H](C)N)cc1Br. The molecule has 1 heterocycles. The Morgan fingerprint density at radius 3 is 2.50 bits per heavy atom. The van der Waals surface area contributed by atoms with Gasteiger partial charge < -0.3 is 5.73 Å². The average molecular weight is 220 g/mol. The summed E-state index contributed by atoms with van der Waals surface area (Å²) in [5.41, 5.74) is 5.69. The van der Waals surface area contributed by atoms with E-state index in [1.807, 2.05) is 6.92 Å². The highest BCUT2D eigenvalue weighted by molar-refractivity contribution is 9.10. The Kier molecular flexibility index (Phi) is 2.50. The van der Waals surface area contributed by atoms with Gasteiger partial charge in [-0.25, -0.2) is 0 Å². The monoisotopic (exact) mass is 219 g/mol. The molecule has 3 heteroatoms. The van der Waals surface area contributed by atoms with E-state index in [-0.39, 0.29) is 6.04 Å². The summed E-state index contributed by atoms with van der Waals surface area (Å²) < 4.78 is 1.17. The van der Waals surface area contributed by atoms with Crippen LogP contribution in [0.2, 0.25) is 0 Å². The maximum atomic E-state index is 5.69. The lowest BCUT2D eigenvalue weighted by Crippen LogP contribution is -2.01. The first-order chi connectivity index (χ1) is 4.61. The van der Waals surface area contributed by atoms with Crippen molar-refractivity contribution in [3.8, 4) is 0 Å². The number of thiophene rings is 1. The molecule has 1 nitrogen and oxygen atoms in total. The van der Waals surface area contributed by atoms with E-state index in [9.17, 15) is 0 Å². The van der Waals surface area contributed by atoms with Crippen LogP contribution in [0, 0.1) is 6.92 Å². The van der Waals surface area contributed by atoms with Crippen molar-refractivity contribution >= 4 is 27.3 Å². The molecular weight excluding hydrogens is 210 g/mol. The topological polar surface area (TPSA) is 26.0 Å². The van der Waals surface area contributed by atoms with Gasteiger partial charge in [0.05, 0.1) is 0 Å². The fourth-order valence-electron chi connectivity index (χ4n) is 0.706. The highest BCUT2D eigenvalue weighted by atomic mass is 79.9. The fourth-order valence-corrected chi connectivity index (χ4v) is 2.22. The summed E-state index contributed by atoms with van der Waals surface area (Å²) in [7, 11) is 0. The molecule has 0 spiro atoms. The van der Waals surface area contributed by atoms with E-state index in [1.165, 1.54) is 14.2 Å². The average Bonchev–Trinajstić information content (AvgIpc) is 2.13. The van der Waals surface area contributed by atoms with Crippen LogP contribution in [0.4, 0.5) is 0 Å². The van der Waals surface area contributed by atoms with Gasteiger partial charge in [-0.3, -0.25) is 0 Å². The van der Waals surface area contributed by atoms with Gasteiger partial charge in [-0.2, -0.15) is 0 Å². The molecule has 56 valence electrons. The second-order valence-corrected chi connectivity index (χ2v) is 4.48. The van der Waals surface area contributed by atoms with Gasteiger partial charge in [0.25, 0.3) is 0 Å². The summed E-state index contributed by atoms with van der Waals surface area (Å²) in [6, 6.07) is 2.25. The van der Waals surface area contributed by atoms with Crippen molar-refractivity contribution in [1.29, 1.82) is 0 Å². The minimum Gasteiger partial charge on any atom is -0.324 e. The lowest BCUT2D eigenvalue weighted by atomic mass is 10.3. The van der Waals surface area contributed by atoms with Crippen LogP contribution in [0.1, 0.15) is 22.7 Å². The highest BCUT2D eigenvalue weighted by Crippen LogP contribution is 2.29. The van der Waals surface area contributed by atoms with Gasteiger partial charge in [0.15, 0.2) is 0 Å². The zero-order valence-corrected chi connectivity index (χ0v) is 8.42. The van der Waals surface area contributed by atoms with Gasteiger partial charge in [-0.15, -0.1) is 11.3 Å². The number of aryl methyl sites for hydroxylation is 1. The Hall–Kier alpha value is 0.140. The van der Waals surface area contributed by atoms with Crippen molar-refractivity contribution in [1.82, 2.24) is 0 Å². The third-order valence-corrected chi connectivity index (χ3v) is 3.66. The normalized spacial score (nSPS) is 13.6. The Bertz CT molecular complexity index is 210. The first kappa shape index (κ1) is 8.24. The summed E-state index contributed by atoms with van der Waals surface area (Å²) in [5.74, 6) is 0. The number of nitrogens with two attached hydrogens (primary N) is 1. The van der Waals surface area contributed by atoms with Gasteiger partial charge in [-0.05, 0) is 35.8 Å². The molecule has 0 fully saturated rings. The molecule has 10 heavy (non-hydrogen) atoms. The molecular formula is C7H10BrNS. The van der Waals surface area contributed by atoms with Crippen LogP contribution < -0.4 is 5.73 Å². The molecule has 0 bridgehead atoms. The van der Waals surface area contributed by atoms with Crippen LogP contribution in [-0.2, 0) is 0 Å². The zero-order chi connectivity index (χ0) is 7.72. The number of hydrogen-bond acceptors (Lipinski definition) is 2. The van der Waals surface area contributed by atoms with E-state index in [1.54, 1.807) is 11.3 Å². The Morgan fingerprint density at radius 2 is 2.30 bits per heavy atom. The third-order valence-electron chi connectivity index (χ3n) is 1.33. The summed E-state index contributed by atoms with van der Waals surface area (Å²) >= 11 is 5.19. The fraction of sp³-hybridized carbons (Fsp3) is 0.429. The second-order valence-electron chi connectivity index (χ2n) is 2.34. The molecule has 0 aliphatic carbocycles. The van der Waals surface area contributed by atoms with Crippen LogP contribution >= 0.6 is 27.3 Å². The summed E-state index contributed by atoms with van der Waals surface area (Å²) in [4.78, 5) is 2.54. The molecule has 0 amide bonds. The number of rotatable bonds is 1. The van der Waals surface area contributed by atoms with Crippen LogP contribution in [0.3, 0.4) is 0 Å². The van der Waals surface area contributed by atoms with Gasteiger partial charge in [0.2, 0.25) is 0 Å². The van der Waals surface area contributed by atoms with Crippen molar-refractivity contribution in [2.45, 2.75) is 19.9 Å². The predicted molar refractivity (Wildman–Crippen MR) is 49.4 cm³/mol. The minimum atomic E-state index is 0.162. The standard InChI is InChI=1S/C7H10BrNS/c1-4(9)7-3-6(8)5(2)10-7/h3-4H,9H2,1-2H3/t4-/m0/s1. The first-order valence-electron chi connectivity index (χ1n) is 3.12. The van der Waals surface area contributed by atoms with E-state index in [0.717, 1.165) is 0 Å². The van der Waals surface area contributed by atoms with Gasteiger partial charge in [0, 0.05) is 20.3 Å². The molecule has 0 aromatic carbocycles. The summed E-state index contributed by atoms with van der Waals surface area (Å²) in [6.45, 7) is 4.08. The van der Waals surface area contributed by atoms with Crippen LogP contribution in [0.5, 0.6) is 0 Å². The van der Waals surface area contributed by atoms with E-state index >= 15 is 0 Å².